The monoisotopic (exact) mass is 525 g/mol. The predicted octanol–water partition coefficient (Wildman–Crippen LogP) is 3.55. The molecule has 2 aromatic rings. The first-order valence-electron chi connectivity index (χ1n) is 7.91. The van der Waals surface area contributed by atoms with E-state index in [2.05, 4.69) is 0 Å². The van der Waals surface area contributed by atoms with E-state index in [1.165, 1.54) is 43.3 Å². The summed E-state index contributed by atoms with van der Waals surface area (Å²) in [5.74, 6) is -2.03. The molecule has 5 nitrogen and oxygen atoms in total. The number of sulfone groups is 1. The Bertz CT molecular complexity index is 989. The van der Waals surface area contributed by atoms with E-state index in [0.717, 1.165) is 0 Å². The lowest BCUT2D eigenvalue weighted by Crippen LogP contribution is -2.42. The van der Waals surface area contributed by atoms with Crippen molar-refractivity contribution in [1.29, 1.82) is 0 Å². The molecule has 0 spiro atoms. The Morgan fingerprint density at radius 3 is 2.32 bits per heavy atom. The van der Waals surface area contributed by atoms with Gasteiger partial charge in [0.1, 0.15) is 0 Å². The average Bonchev–Trinajstić information content (AvgIpc) is 2.60. The van der Waals surface area contributed by atoms with Crippen LogP contribution in [-0.2, 0) is 21.1 Å². The molecule has 150 valence electrons. The number of amides is 1. The van der Waals surface area contributed by atoms with Crippen molar-refractivity contribution in [3.05, 3.63) is 57.2 Å². The maximum Gasteiger partial charge on any atom is 0.471 e. The van der Waals surface area contributed by atoms with Gasteiger partial charge in [-0.05, 0) is 71.8 Å². The van der Waals surface area contributed by atoms with E-state index in [1.54, 1.807) is 6.07 Å². The lowest BCUT2D eigenvalue weighted by molar-refractivity contribution is -0.174. The summed E-state index contributed by atoms with van der Waals surface area (Å²) in [5.41, 5.74) is 0.589. The molecular formula is C18H15F3INO4S. The molecule has 0 aromatic heterocycles. The molecule has 28 heavy (non-hydrogen) atoms. The van der Waals surface area contributed by atoms with Crippen molar-refractivity contribution < 1.29 is 31.2 Å². The number of halogens is 4. The Balaban J connectivity index is 2.20. The van der Waals surface area contributed by atoms with Crippen LogP contribution in [0.15, 0.2) is 52.3 Å². The van der Waals surface area contributed by atoms with E-state index >= 15 is 0 Å². The number of benzene rings is 2. The van der Waals surface area contributed by atoms with Crippen molar-refractivity contribution in [3.63, 3.8) is 0 Å². The molecule has 0 saturated carbocycles. The Morgan fingerprint density at radius 2 is 1.79 bits per heavy atom. The first-order chi connectivity index (χ1) is 12.9. The topological polar surface area (TPSA) is 80.3 Å². The van der Waals surface area contributed by atoms with Gasteiger partial charge in [-0.1, -0.05) is 12.1 Å². The highest BCUT2D eigenvalue weighted by atomic mass is 127. The number of hydrogen-bond donors (Lipinski definition) is 1. The van der Waals surface area contributed by atoms with Gasteiger partial charge in [-0.3, -0.25) is 9.59 Å². The summed E-state index contributed by atoms with van der Waals surface area (Å²) in [6.07, 6.45) is -4.41. The number of rotatable bonds is 6. The first-order valence-corrected chi connectivity index (χ1v) is 10.5. The fourth-order valence-corrected chi connectivity index (χ4v) is 4.43. The summed E-state index contributed by atoms with van der Waals surface area (Å²) in [5, 5.41) is 1.84. The summed E-state index contributed by atoms with van der Waals surface area (Å²) >= 11 is 1.96. The molecule has 1 unspecified atom stereocenters. The lowest BCUT2D eigenvalue weighted by atomic mass is 10.1. The van der Waals surface area contributed by atoms with Crippen LogP contribution < -0.4 is 5.32 Å². The van der Waals surface area contributed by atoms with Crippen LogP contribution in [-0.4, -0.2) is 32.8 Å². The first kappa shape index (κ1) is 22.3. The maximum atomic E-state index is 12.8. The number of nitrogens with one attached hydrogen (secondary N) is 1. The Morgan fingerprint density at radius 1 is 1.18 bits per heavy atom. The smallest absolute Gasteiger partial charge is 0.345 e. The van der Waals surface area contributed by atoms with Crippen LogP contribution in [0.2, 0.25) is 0 Å². The molecule has 0 radical (unpaired) electrons. The zero-order valence-corrected chi connectivity index (χ0v) is 17.4. The van der Waals surface area contributed by atoms with Crippen LogP contribution in [0.25, 0.3) is 0 Å². The van der Waals surface area contributed by atoms with Gasteiger partial charge in [-0.15, -0.1) is 0 Å². The minimum Gasteiger partial charge on any atom is -0.345 e. The highest BCUT2D eigenvalue weighted by Crippen LogP contribution is 2.25. The van der Waals surface area contributed by atoms with E-state index in [4.69, 9.17) is 0 Å². The van der Waals surface area contributed by atoms with Crippen LogP contribution in [0.5, 0.6) is 0 Å². The normalized spacial score (nSPS) is 13.0. The Kier molecular flexibility index (Phi) is 6.86. The highest BCUT2D eigenvalue weighted by Gasteiger charge is 2.39. The van der Waals surface area contributed by atoms with Gasteiger partial charge >= 0.3 is 12.1 Å². The molecule has 2 aromatic carbocycles. The van der Waals surface area contributed by atoms with Crippen molar-refractivity contribution in [2.45, 2.75) is 35.4 Å². The third kappa shape index (κ3) is 5.31. The molecule has 2 rings (SSSR count). The predicted molar refractivity (Wildman–Crippen MR) is 104 cm³/mol. The zero-order chi connectivity index (χ0) is 21.1. The second-order valence-corrected chi connectivity index (χ2v) is 9.19. The van der Waals surface area contributed by atoms with Crippen molar-refractivity contribution in [2.75, 3.05) is 0 Å². The second kappa shape index (κ2) is 8.60. The minimum atomic E-state index is -4.96. The van der Waals surface area contributed by atoms with Crippen molar-refractivity contribution in [1.82, 2.24) is 5.32 Å². The van der Waals surface area contributed by atoms with Crippen LogP contribution in [0.3, 0.4) is 0 Å². The molecule has 0 saturated heterocycles. The van der Waals surface area contributed by atoms with Crippen LogP contribution in [0, 0.1) is 3.57 Å². The van der Waals surface area contributed by atoms with Crippen molar-refractivity contribution >= 4 is 44.6 Å². The molecule has 0 bridgehead atoms. The van der Waals surface area contributed by atoms with E-state index in [0.29, 0.717) is 15.4 Å². The molecule has 0 aliphatic rings. The third-order valence-electron chi connectivity index (χ3n) is 3.80. The maximum absolute atomic E-state index is 12.8. The summed E-state index contributed by atoms with van der Waals surface area (Å²) in [7, 11) is -3.94. The lowest BCUT2D eigenvalue weighted by Gasteiger charge is -2.15. The second-order valence-electron chi connectivity index (χ2n) is 6.02. The Hall–Kier alpha value is -1.95. The molecule has 1 atom stereocenters. The number of carbonyl (C=O) groups is 2. The molecule has 0 aliphatic carbocycles. The third-order valence-corrected chi connectivity index (χ3v) is 6.31. The summed E-state index contributed by atoms with van der Waals surface area (Å²) in [6.45, 7) is 1.41. The van der Waals surface area contributed by atoms with Crippen molar-refractivity contribution in [3.8, 4) is 0 Å². The van der Waals surface area contributed by atoms with Crippen LogP contribution in [0.4, 0.5) is 13.2 Å². The Labute approximate surface area is 173 Å². The highest BCUT2D eigenvalue weighted by molar-refractivity contribution is 14.1. The van der Waals surface area contributed by atoms with Crippen LogP contribution >= 0.6 is 22.6 Å². The molecule has 1 amide bonds. The van der Waals surface area contributed by atoms with E-state index in [1.807, 2.05) is 27.9 Å². The summed E-state index contributed by atoms with van der Waals surface area (Å²) in [6, 6.07) is 9.12. The molecular weight excluding hydrogens is 510 g/mol. The minimum absolute atomic E-state index is 0.0412. The van der Waals surface area contributed by atoms with Gasteiger partial charge < -0.3 is 5.32 Å². The van der Waals surface area contributed by atoms with Gasteiger partial charge in [0, 0.05) is 15.2 Å². The standard InChI is InChI=1S/C18H15F3INO4S/c1-11(23-17(25)18(19,20)21)8-12-2-5-15(6-3-12)28(26,27)16-7-4-14(22)9-13(16)10-24/h2-7,9-11H,8H2,1H3,(H,23,25). The van der Waals surface area contributed by atoms with Gasteiger partial charge in [0.15, 0.2) is 6.29 Å². The number of hydrogen-bond acceptors (Lipinski definition) is 4. The summed E-state index contributed by atoms with van der Waals surface area (Å²) in [4.78, 5) is 22.0. The molecule has 0 aliphatic heterocycles. The van der Waals surface area contributed by atoms with Gasteiger partial charge in [-0.25, -0.2) is 8.42 Å². The quantitative estimate of drug-likeness (QED) is 0.463. The fourth-order valence-electron chi connectivity index (χ4n) is 2.50. The SMILES string of the molecule is CC(Cc1ccc(S(=O)(=O)c2ccc(I)cc2C=O)cc1)NC(=O)C(F)(F)F. The van der Waals surface area contributed by atoms with Gasteiger partial charge in [0.25, 0.3) is 0 Å². The van der Waals surface area contributed by atoms with Crippen molar-refractivity contribution in [2.24, 2.45) is 0 Å². The van der Waals surface area contributed by atoms with Gasteiger partial charge in [-0.2, -0.15) is 13.2 Å². The van der Waals surface area contributed by atoms with E-state index < -0.39 is 28.0 Å². The zero-order valence-electron chi connectivity index (χ0n) is 14.5. The van der Waals surface area contributed by atoms with Gasteiger partial charge in [0.2, 0.25) is 9.84 Å². The van der Waals surface area contributed by atoms with E-state index in [9.17, 15) is 31.2 Å². The largest absolute Gasteiger partial charge is 0.471 e. The van der Waals surface area contributed by atoms with Crippen LogP contribution in [0.1, 0.15) is 22.8 Å². The molecule has 1 N–H and O–H groups in total. The number of alkyl halides is 3. The molecule has 0 heterocycles. The fraction of sp³-hybridized carbons (Fsp3) is 0.222. The molecule has 10 heteroatoms. The van der Waals surface area contributed by atoms with E-state index in [-0.39, 0.29) is 21.8 Å². The average molecular weight is 525 g/mol. The van der Waals surface area contributed by atoms with Gasteiger partial charge in [0.05, 0.1) is 9.79 Å². The summed E-state index contributed by atoms with van der Waals surface area (Å²) < 4.78 is 63.1. The number of carbonyl (C=O) groups excluding carboxylic acids is 2. The molecule has 0 fully saturated rings. The number of aldehydes is 1.